The smallest absolute Gasteiger partial charge is 0.333 e. The molecular weight excluding hydrogens is 676 g/mol. The molecule has 4 N–H and O–H groups in total. The normalized spacial score (nSPS) is 19.6. The summed E-state index contributed by atoms with van der Waals surface area (Å²) in [7, 11) is 1.38. The zero-order valence-electron chi connectivity index (χ0n) is 29.6. The molecule has 52 heavy (non-hydrogen) atoms. The summed E-state index contributed by atoms with van der Waals surface area (Å²) in [5.74, 6) is -1.64. The molecular formula is C38H50N2O12. The molecule has 1 fully saturated rings. The van der Waals surface area contributed by atoms with E-state index >= 15 is 0 Å². The summed E-state index contributed by atoms with van der Waals surface area (Å²) in [6, 6.07) is 13.6. The number of nitrogens with zero attached hydrogens (tertiary/aromatic N) is 1. The Morgan fingerprint density at radius 2 is 1.77 bits per heavy atom. The van der Waals surface area contributed by atoms with Gasteiger partial charge in [0.05, 0.1) is 25.4 Å². The molecule has 1 saturated carbocycles. The molecule has 2 aromatic carbocycles. The third kappa shape index (κ3) is 14.8. The maximum Gasteiger partial charge on any atom is 0.333 e. The average Bonchev–Trinajstić information content (AvgIpc) is 3.40. The first kappa shape index (κ1) is 41.6. The largest absolute Gasteiger partial charge is 0.493 e. The second-order valence-electron chi connectivity index (χ2n) is 12.7. The first-order valence-corrected chi connectivity index (χ1v) is 17.5. The molecule has 0 bridgehead atoms. The van der Waals surface area contributed by atoms with E-state index in [0.717, 1.165) is 12.5 Å². The van der Waals surface area contributed by atoms with Gasteiger partial charge in [-0.1, -0.05) is 48.6 Å². The number of allylic oxidation sites excluding steroid dienone is 2. The van der Waals surface area contributed by atoms with Gasteiger partial charge >= 0.3 is 11.9 Å². The summed E-state index contributed by atoms with van der Waals surface area (Å²) < 4.78 is 15.5. The lowest BCUT2D eigenvalue weighted by molar-refractivity contribution is -0.757. The Balaban J connectivity index is 1.35. The Morgan fingerprint density at radius 3 is 2.50 bits per heavy atom. The Morgan fingerprint density at radius 1 is 1.02 bits per heavy atom. The van der Waals surface area contributed by atoms with E-state index in [-0.39, 0.29) is 48.9 Å². The van der Waals surface area contributed by atoms with Crippen LogP contribution in [0.1, 0.15) is 69.4 Å². The Labute approximate surface area is 303 Å². The minimum absolute atomic E-state index is 0.0955. The highest BCUT2D eigenvalue weighted by molar-refractivity contribution is 5.87. The van der Waals surface area contributed by atoms with Crippen LogP contribution >= 0.6 is 0 Å². The number of hydrogen-bond donors (Lipinski definition) is 4. The third-order valence-corrected chi connectivity index (χ3v) is 8.88. The van der Waals surface area contributed by atoms with Gasteiger partial charge in [0.15, 0.2) is 11.5 Å². The van der Waals surface area contributed by atoms with Gasteiger partial charge in [0.2, 0.25) is 5.91 Å². The van der Waals surface area contributed by atoms with Gasteiger partial charge in [-0.2, -0.15) is 0 Å². The fourth-order valence-corrected chi connectivity index (χ4v) is 6.07. The summed E-state index contributed by atoms with van der Waals surface area (Å²) in [5.41, 5.74) is 1.70. The number of hydrogen-bond acceptors (Lipinski definition) is 12. The van der Waals surface area contributed by atoms with Gasteiger partial charge in [-0.3, -0.25) is 4.79 Å². The minimum atomic E-state index is -0.987. The number of carbonyl (C=O) groups is 3. The van der Waals surface area contributed by atoms with Crippen LogP contribution in [0.3, 0.4) is 0 Å². The number of aliphatic hydroxyl groups excluding tert-OH is 3. The van der Waals surface area contributed by atoms with Crippen molar-refractivity contribution in [2.75, 3.05) is 20.3 Å². The number of aryl methyl sites for hydroxylation is 1. The Hall–Kier alpha value is -4.79. The fourth-order valence-electron chi connectivity index (χ4n) is 6.07. The van der Waals surface area contributed by atoms with Crippen LogP contribution in [0, 0.1) is 22.0 Å². The van der Waals surface area contributed by atoms with Gasteiger partial charge < -0.3 is 39.7 Å². The molecule has 284 valence electrons. The molecule has 0 spiro atoms. The van der Waals surface area contributed by atoms with E-state index in [4.69, 9.17) is 14.2 Å². The van der Waals surface area contributed by atoms with E-state index in [9.17, 15) is 39.8 Å². The van der Waals surface area contributed by atoms with Gasteiger partial charge in [-0.05, 0) is 99.5 Å². The van der Waals surface area contributed by atoms with Crippen LogP contribution < -0.4 is 14.8 Å². The highest BCUT2D eigenvalue weighted by Crippen LogP contribution is 2.38. The summed E-state index contributed by atoms with van der Waals surface area (Å²) in [5, 5.41) is 43.4. The van der Waals surface area contributed by atoms with Crippen LogP contribution in [-0.2, 0) is 30.4 Å². The number of ether oxygens (including phenoxy) is 3. The van der Waals surface area contributed by atoms with E-state index < -0.39 is 41.4 Å². The second-order valence-corrected chi connectivity index (χ2v) is 12.7. The van der Waals surface area contributed by atoms with Gasteiger partial charge in [-0.15, -0.1) is 10.1 Å². The van der Waals surface area contributed by atoms with Crippen molar-refractivity contribution in [3.05, 3.63) is 88.0 Å². The number of amides is 1. The number of unbranched alkanes of at least 4 members (excludes halogenated alkanes) is 1. The standard InChI is InChI=1S/C38H50N2O12/c1-26(38(46)52-34-20-15-28(24-35(34)49-2)16-21-37(45)50-22-23-51-40(47)48)39-36(44)13-9-4-3-8-12-30-31(33(43)25-32(30)42)19-18-29(41)17-14-27-10-6-5-7-11-27/h3,5-8,10-11,15-16,20-21,24,26,29-33,41-43H,4,9,12-14,17-19,22-23,25H2,1-2H3,(H,39,44)/b8-3-,21-16+/t26?,29-,30+,31+,32-,33+/m0/s1. The number of esters is 2. The van der Waals surface area contributed by atoms with Crippen LogP contribution in [0.15, 0.2) is 66.8 Å². The van der Waals surface area contributed by atoms with Gasteiger partial charge in [0, 0.05) is 12.5 Å². The molecule has 2 aromatic rings. The number of carbonyl (C=O) groups excluding carboxylic acids is 3. The number of nitrogens with one attached hydrogen (secondary N) is 1. The SMILES string of the molecule is COc1cc(/C=C/C(=O)OCCO[N+](=O)[O-])ccc1OC(=O)C(C)NC(=O)CCC/C=C\C[C@@H]1[C@@H](CC[C@@H](O)CCc2ccccc2)[C@H](O)C[C@@H]1O. The number of benzene rings is 2. The highest BCUT2D eigenvalue weighted by atomic mass is 17.0. The van der Waals surface area contributed by atoms with Crippen molar-refractivity contribution in [2.45, 2.75) is 89.1 Å². The topological polar surface area (TPSA) is 204 Å². The summed E-state index contributed by atoms with van der Waals surface area (Å²) in [6.07, 6.45) is 9.68. The lowest BCUT2D eigenvalue weighted by atomic mass is 9.85. The first-order chi connectivity index (χ1) is 25.0. The van der Waals surface area contributed by atoms with E-state index in [2.05, 4.69) is 10.2 Å². The van der Waals surface area contributed by atoms with Gasteiger partial charge in [0.1, 0.15) is 19.3 Å². The molecule has 0 radical (unpaired) electrons. The Bertz CT molecular complexity index is 1500. The average molecular weight is 727 g/mol. The first-order valence-electron chi connectivity index (χ1n) is 17.5. The fraction of sp³-hybridized carbons (Fsp3) is 0.500. The molecule has 1 unspecified atom stereocenters. The summed E-state index contributed by atoms with van der Waals surface area (Å²) in [6.45, 7) is 0.825. The predicted octanol–water partition coefficient (Wildman–Crippen LogP) is 4.12. The van der Waals surface area contributed by atoms with Crippen molar-refractivity contribution in [1.29, 1.82) is 0 Å². The molecule has 0 heterocycles. The zero-order chi connectivity index (χ0) is 37.9. The molecule has 3 rings (SSSR count). The monoisotopic (exact) mass is 726 g/mol. The zero-order valence-corrected chi connectivity index (χ0v) is 29.6. The Kier molecular flexibility index (Phi) is 17.8. The maximum absolute atomic E-state index is 12.7. The lowest BCUT2D eigenvalue weighted by Crippen LogP contribution is -2.40. The third-order valence-electron chi connectivity index (χ3n) is 8.88. The van der Waals surface area contributed by atoms with Crippen LogP contribution in [0.4, 0.5) is 0 Å². The van der Waals surface area contributed by atoms with E-state index in [1.165, 1.54) is 37.8 Å². The summed E-state index contributed by atoms with van der Waals surface area (Å²) in [4.78, 5) is 51.2. The second kappa shape index (κ2) is 22.2. The highest BCUT2D eigenvalue weighted by Gasteiger charge is 2.40. The molecule has 1 aliphatic rings. The number of aliphatic hydroxyl groups is 3. The van der Waals surface area contributed by atoms with Crippen LogP contribution in [-0.4, -0.2) is 82.9 Å². The molecule has 0 aliphatic heterocycles. The van der Waals surface area contributed by atoms with Crippen molar-refractivity contribution in [3.8, 4) is 11.5 Å². The molecule has 14 heteroatoms. The van der Waals surface area contributed by atoms with E-state index in [1.807, 2.05) is 42.5 Å². The van der Waals surface area contributed by atoms with Crippen molar-refractivity contribution >= 4 is 23.9 Å². The quantitative estimate of drug-likeness (QED) is 0.0257. The van der Waals surface area contributed by atoms with Crippen LogP contribution in [0.25, 0.3) is 6.08 Å². The van der Waals surface area contributed by atoms with Crippen molar-refractivity contribution < 1.29 is 53.8 Å². The predicted molar refractivity (Wildman–Crippen MR) is 190 cm³/mol. The number of rotatable bonds is 22. The van der Waals surface area contributed by atoms with E-state index in [1.54, 1.807) is 6.07 Å². The molecule has 1 aliphatic carbocycles. The van der Waals surface area contributed by atoms with Crippen molar-refractivity contribution in [3.63, 3.8) is 0 Å². The van der Waals surface area contributed by atoms with Crippen LogP contribution in [0.5, 0.6) is 11.5 Å². The van der Waals surface area contributed by atoms with Crippen molar-refractivity contribution in [2.24, 2.45) is 11.8 Å². The molecule has 6 atom stereocenters. The lowest BCUT2D eigenvalue weighted by Gasteiger charge is -2.23. The maximum atomic E-state index is 12.7. The molecule has 1 amide bonds. The number of methoxy groups -OCH3 is 1. The van der Waals surface area contributed by atoms with E-state index in [0.29, 0.717) is 50.5 Å². The molecule has 14 nitrogen and oxygen atoms in total. The minimum Gasteiger partial charge on any atom is -0.493 e. The van der Waals surface area contributed by atoms with Crippen LogP contribution in [0.2, 0.25) is 0 Å². The van der Waals surface area contributed by atoms with Gasteiger partial charge in [0.25, 0.3) is 5.09 Å². The van der Waals surface area contributed by atoms with Gasteiger partial charge in [-0.25, -0.2) is 9.59 Å². The molecule has 0 saturated heterocycles. The summed E-state index contributed by atoms with van der Waals surface area (Å²) >= 11 is 0. The molecule has 0 aromatic heterocycles. The van der Waals surface area contributed by atoms with Crippen molar-refractivity contribution in [1.82, 2.24) is 5.32 Å².